The fourth-order valence-electron chi connectivity index (χ4n) is 2.77. The van der Waals surface area contributed by atoms with Gasteiger partial charge in [0.25, 0.3) is 16.0 Å². The molecule has 0 fully saturated rings. The van der Waals surface area contributed by atoms with Gasteiger partial charge in [-0.1, -0.05) is 50.2 Å². The van der Waals surface area contributed by atoms with Crippen LogP contribution in [-0.4, -0.2) is 23.2 Å². The second-order valence-corrected chi connectivity index (χ2v) is 8.36. The number of anilines is 1. The molecule has 3 rings (SSSR count). The Hall–Kier alpha value is -2.67. The molecule has 0 bridgehead atoms. The number of aromatic nitrogens is 3. The van der Waals surface area contributed by atoms with Gasteiger partial charge in [-0.05, 0) is 48.1 Å². The highest BCUT2D eigenvalue weighted by Crippen LogP contribution is 2.21. The highest BCUT2D eigenvalue weighted by molar-refractivity contribution is 7.92. The number of benzene rings is 2. The maximum Gasteiger partial charge on any atom is 0.264 e. The standard InChI is InChI=1S/C20H24N4O2S/c1-4-15(2)17-9-11-19(12-10-17)27(25,26)23-20-21-14-24(22-20)13-18-8-6-5-7-16(18)3/h5-12,14-15H,4,13H2,1-3H3,(H,22,23). The number of nitrogens with one attached hydrogen (secondary N) is 1. The summed E-state index contributed by atoms with van der Waals surface area (Å²) in [5, 5.41) is 4.23. The van der Waals surface area contributed by atoms with Gasteiger partial charge in [-0.3, -0.25) is 0 Å². The van der Waals surface area contributed by atoms with Gasteiger partial charge in [0, 0.05) is 0 Å². The summed E-state index contributed by atoms with van der Waals surface area (Å²) < 4.78 is 29.2. The zero-order valence-electron chi connectivity index (χ0n) is 15.8. The molecule has 0 aliphatic heterocycles. The van der Waals surface area contributed by atoms with Gasteiger partial charge in [0.2, 0.25) is 0 Å². The van der Waals surface area contributed by atoms with E-state index in [1.54, 1.807) is 16.8 Å². The Kier molecular flexibility index (Phi) is 5.60. The molecule has 1 heterocycles. The molecular formula is C20H24N4O2S. The molecule has 27 heavy (non-hydrogen) atoms. The third-order valence-electron chi connectivity index (χ3n) is 4.73. The molecule has 0 spiro atoms. The first-order chi connectivity index (χ1) is 12.9. The smallest absolute Gasteiger partial charge is 0.246 e. The fraction of sp³-hybridized carbons (Fsp3) is 0.300. The van der Waals surface area contributed by atoms with Crippen LogP contribution in [0.15, 0.2) is 59.8 Å². The minimum atomic E-state index is -3.72. The molecular weight excluding hydrogens is 360 g/mol. The van der Waals surface area contributed by atoms with Crippen LogP contribution in [-0.2, 0) is 16.6 Å². The number of sulfonamides is 1. The lowest BCUT2D eigenvalue weighted by atomic mass is 9.99. The molecule has 3 aromatic rings. The first-order valence-corrected chi connectivity index (χ1v) is 10.4. The quantitative estimate of drug-likeness (QED) is 0.669. The van der Waals surface area contributed by atoms with E-state index in [-0.39, 0.29) is 10.8 Å². The molecule has 0 aliphatic carbocycles. The van der Waals surface area contributed by atoms with E-state index >= 15 is 0 Å². The molecule has 1 unspecified atom stereocenters. The van der Waals surface area contributed by atoms with Gasteiger partial charge in [0.05, 0.1) is 11.4 Å². The predicted octanol–water partition coefficient (Wildman–Crippen LogP) is 3.95. The number of aryl methyl sites for hydroxylation is 1. The SMILES string of the molecule is CCC(C)c1ccc(S(=O)(=O)Nc2ncn(Cc3ccccc3C)n2)cc1. The van der Waals surface area contributed by atoms with Crippen molar-refractivity contribution in [3.05, 3.63) is 71.5 Å². The van der Waals surface area contributed by atoms with E-state index in [0.717, 1.165) is 23.1 Å². The summed E-state index contributed by atoms with van der Waals surface area (Å²) in [5.41, 5.74) is 3.38. The summed E-state index contributed by atoms with van der Waals surface area (Å²) in [6.45, 7) is 6.78. The van der Waals surface area contributed by atoms with Gasteiger partial charge in [-0.25, -0.2) is 17.8 Å². The van der Waals surface area contributed by atoms with Crippen molar-refractivity contribution in [3.8, 4) is 0 Å². The Morgan fingerprint density at radius 3 is 2.48 bits per heavy atom. The van der Waals surface area contributed by atoms with Gasteiger partial charge in [0.15, 0.2) is 0 Å². The van der Waals surface area contributed by atoms with Crippen LogP contribution in [0, 0.1) is 6.92 Å². The first kappa shape index (κ1) is 19.1. The van der Waals surface area contributed by atoms with Gasteiger partial charge in [-0.15, -0.1) is 5.10 Å². The monoisotopic (exact) mass is 384 g/mol. The van der Waals surface area contributed by atoms with Crippen LogP contribution < -0.4 is 4.72 Å². The van der Waals surface area contributed by atoms with E-state index in [2.05, 4.69) is 28.7 Å². The largest absolute Gasteiger partial charge is 0.264 e. The van der Waals surface area contributed by atoms with Crippen LogP contribution in [0.4, 0.5) is 5.95 Å². The second-order valence-electron chi connectivity index (χ2n) is 6.68. The molecule has 0 amide bonds. The lowest BCUT2D eigenvalue weighted by Crippen LogP contribution is -2.14. The van der Waals surface area contributed by atoms with E-state index in [1.165, 1.54) is 6.33 Å². The van der Waals surface area contributed by atoms with Crippen molar-refractivity contribution in [3.63, 3.8) is 0 Å². The van der Waals surface area contributed by atoms with E-state index < -0.39 is 10.0 Å². The first-order valence-electron chi connectivity index (χ1n) is 8.96. The summed E-state index contributed by atoms with van der Waals surface area (Å²) in [4.78, 5) is 4.27. The summed E-state index contributed by atoms with van der Waals surface area (Å²) >= 11 is 0. The molecule has 7 heteroatoms. The minimum absolute atomic E-state index is 0.0644. The van der Waals surface area contributed by atoms with E-state index in [0.29, 0.717) is 12.5 Å². The van der Waals surface area contributed by atoms with Crippen molar-refractivity contribution in [1.29, 1.82) is 0 Å². The minimum Gasteiger partial charge on any atom is -0.246 e. The maximum absolute atomic E-state index is 12.6. The summed E-state index contributed by atoms with van der Waals surface area (Å²) in [5.74, 6) is 0.461. The molecule has 142 valence electrons. The Morgan fingerprint density at radius 2 is 1.81 bits per heavy atom. The normalized spacial score (nSPS) is 12.7. The van der Waals surface area contributed by atoms with Crippen molar-refractivity contribution < 1.29 is 8.42 Å². The summed E-state index contributed by atoms with van der Waals surface area (Å²) in [6, 6.07) is 14.9. The highest BCUT2D eigenvalue weighted by atomic mass is 32.2. The predicted molar refractivity (Wildman–Crippen MR) is 106 cm³/mol. The molecule has 6 nitrogen and oxygen atoms in total. The molecule has 0 aliphatic rings. The highest BCUT2D eigenvalue weighted by Gasteiger charge is 2.17. The Bertz CT molecular complexity index is 1010. The van der Waals surface area contributed by atoms with Gasteiger partial charge in [-0.2, -0.15) is 4.98 Å². The molecule has 2 aromatic carbocycles. The molecule has 0 saturated heterocycles. The average Bonchev–Trinajstić information content (AvgIpc) is 3.09. The van der Waals surface area contributed by atoms with Crippen LogP contribution >= 0.6 is 0 Å². The third-order valence-corrected chi connectivity index (χ3v) is 6.07. The molecule has 0 radical (unpaired) electrons. The Morgan fingerprint density at radius 1 is 1.11 bits per heavy atom. The number of hydrogen-bond acceptors (Lipinski definition) is 4. The number of nitrogens with zero attached hydrogens (tertiary/aromatic N) is 3. The van der Waals surface area contributed by atoms with E-state index in [1.807, 2.05) is 43.3 Å². The summed E-state index contributed by atoms with van der Waals surface area (Å²) in [6.07, 6.45) is 2.53. The topological polar surface area (TPSA) is 76.9 Å². The van der Waals surface area contributed by atoms with Crippen LogP contribution in [0.1, 0.15) is 42.9 Å². The van der Waals surface area contributed by atoms with Crippen molar-refractivity contribution in [2.45, 2.75) is 44.6 Å². The van der Waals surface area contributed by atoms with E-state index in [4.69, 9.17) is 0 Å². The van der Waals surface area contributed by atoms with Crippen molar-refractivity contribution in [2.75, 3.05) is 4.72 Å². The van der Waals surface area contributed by atoms with Gasteiger partial charge < -0.3 is 0 Å². The zero-order chi connectivity index (χ0) is 19.4. The van der Waals surface area contributed by atoms with Gasteiger partial charge in [0.1, 0.15) is 6.33 Å². The lowest BCUT2D eigenvalue weighted by Gasteiger charge is -2.10. The van der Waals surface area contributed by atoms with Crippen LogP contribution in [0.2, 0.25) is 0 Å². The fourth-order valence-corrected chi connectivity index (χ4v) is 3.72. The van der Waals surface area contributed by atoms with Crippen LogP contribution in [0.25, 0.3) is 0 Å². The van der Waals surface area contributed by atoms with Crippen molar-refractivity contribution in [2.24, 2.45) is 0 Å². The maximum atomic E-state index is 12.6. The Labute approximate surface area is 160 Å². The molecule has 0 saturated carbocycles. The summed E-state index contributed by atoms with van der Waals surface area (Å²) in [7, 11) is -3.72. The molecule has 1 atom stereocenters. The zero-order valence-corrected chi connectivity index (χ0v) is 16.6. The van der Waals surface area contributed by atoms with Gasteiger partial charge >= 0.3 is 0 Å². The van der Waals surface area contributed by atoms with Crippen LogP contribution in [0.5, 0.6) is 0 Å². The number of rotatable bonds is 7. The lowest BCUT2D eigenvalue weighted by molar-refractivity contribution is 0.600. The van der Waals surface area contributed by atoms with Crippen molar-refractivity contribution in [1.82, 2.24) is 14.8 Å². The average molecular weight is 385 g/mol. The van der Waals surface area contributed by atoms with Crippen molar-refractivity contribution >= 4 is 16.0 Å². The van der Waals surface area contributed by atoms with E-state index in [9.17, 15) is 8.42 Å². The molecule has 1 N–H and O–H groups in total. The third kappa shape index (κ3) is 4.54. The second kappa shape index (κ2) is 7.92. The molecule has 1 aromatic heterocycles. The van der Waals surface area contributed by atoms with Crippen LogP contribution in [0.3, 0.4) is 0 Å². The Balaban J connectivity index is 1.73. The number of hydrogen-bond donors (Lipinski definition) is 1.